The van der Waals surface area contributed by atoms with Gasteiger partial charge >= 0.3 is 0 Å². The molecule has 0 aliphatic carbocycles. The third-order valence-electron chi connectivity index (χ3n) is 1.44. The zero-order valence-corrected chi connectivity index (χ0v) is 6.39. The zero-order valence-electron chi connectivity index (χ0n) is 6.39. The number of nitrogens with zero attached hydrogens (tertiary/aromatic N) is 2. The summed E-state index contributed by atoms with van der Waals surface area (Å²) in [7, 11) is 0. The van der Waals surface area contributed by atoms with E-state index < -0.39 is 0 Å². The Labute approximate surface area is 61.3 Å². The van der Waals surface area contributed by atoms with Crippen LogP contribution in [0.25, 0.3) is 0 Å². The van der Waals surface area contributed by atoms with Crippen LogP contribution in [0.3, 0.4) is 0 Å². The van der Waals surface area contributed by atoms with Crippen molar-refractivity contribution < 1.29 is 0 Å². The van der Waals surface area contributed by atoms with Crippen LogP contribution in [-0.4, -0.2) is 9.97 Å². The van der Waals surface area contributed by atoms with E-state index in [1.54, 1.807) is 0 Å². The van der Waals surface area contributed by atoms with Crippen LogP contribution in [0.1, 0.15) is 25.2 Å². The first kappa shape index (κ1) is 7.19. The van der Waals surface area contributed by atoms with Crippen LogP contribution in [0.15, 0.2) is 6.07 Å². The van der Waals surface area contributed by atoms with Gasteiger partial charge in [0.25, 0.3) is 0 Å². The predicted octanol–water partition coefficient (Wildman–Crippen LogP) is 1.40. The third-order valence-corrected chi connectivity index (χ3v) is 1.44. The third kappa shape index (κ3) is 1.53. The summed E-state index contributed by atoms with van der Waals surface area (Å²) in [4.78, 5) is 7.94. The van der Waals surface area contributed by atoms with Gasteiger partial charge in [-0.05, 0) is 18.9 Å². The summed E-state index contributed by atoms with van der Waals surface area (Å²) in [5.74, 6) is 0. The van der Waals surface area contributed by atoms with Gasteiger partial charge in [0.1, 0.15) is 0 Å². The number of rotatable bonds is 2. The number of hydrogen-bond acceptors (Lipinski definition) is 2. The van der Waals surface area contributed by atoms with E-state index in [9.17, 15) is 0 Å². The van der Waals surface area contributed by atoms with E-state index in [1.807, 2.05) is 6.07 Å². The van der Waals surface area contributed by atoms with Crippen molar-refractivity contribution in [2.45, 2.75) is 26.7 Å². The standard InChI is InChI=1S/C8H11N2/c1-3-7-5-8(4-2)10-6-9-7/h5H,3-4H2,1-2H3. The fraction of sp³-hybridized carbons (Fsp3) is 0.500. The summed E-state index contributed by atoms with van der Waals surface area (Å²) in [6.45, 7) is 4.16. The molecule has 0 aliphatic rings. The topological polar surface area (TPSA) is 25.8 Å². The highest BCUT2D eigenvalue weighted by atomic mass is 14.8. The molecular weight excluding hydrogens is 124 g/mol. The van der Waals surface area contributed by atoms with E-state index in [2.05, 4.69) is 30.1 Å². The highest BCUT2D eigenvalue weighted by Gasteiger charge is 1.92. The first-order valence-corrected chi connectivity index (χ1v) is 3.59. The van der Waals surface area contributed by atoms with Crippen molar-refractivity contribution in [3.05, 3.63) is 23.8 Å². The van der Waals surface area contributed by atoms with E-state index in [0.29, 0.717) is 0 Å². The molecule has 1 radical (unpaired) electrons. The molecule has 0 saturated carbocycles. The maximum Gasteiger partial charge on any atom is 0.198 e. The molecule has 1 rings (SSSR count). The van der Waals surface area contributed by atoms with Crippen molar-refractivity contribution in [2.75, 3.05) is 0 Å². The lowest BCUT2D eigenvalue weighted by Gasteiger charge is -1.95. The molecule has 0 saturated heterocycles. The van der Waals surface area contributed by atoms with Gasteiger partial charge in [0.2, 0.25) is 0 Å². The molecule has 0 aliphatic heterocycles. The van der Waals surface area contributed by atoms with Crippen LogP contribution < -0.4 is 0 Å². The van der Waals surface area contributed by atoms with Crippen molar-refractivity contribution in [3.63, 3.8) is 0 Å². The number of hydrogen-bond donors (Lipinski definition) is 0. The van der Waals surface area contributed by atoms with Crippen molar-refractivity contribution in [2.24, 2.45) is 0 Å². The Bertz CT molecular complexity index is 189. The number of aromatic nitrogens is 2. The van der Waals surface area contributed by atoms with Gasteiger partial charge in [-0.2, -0.15) is 0 Å². The normalized spacial score (nSPS) is 9.80. The summed E-state index contributed by atoms with van der Waals surface area (Å²) in [5.41, 5.74) is 2.15. The largest absolute Gasteiger partial charge is 0.230 e. The van der Waals surface area contributed by atoms with Crippen molar-refractivity contribution in [1.29, 1.82) is 0 Å². The van der Waals surface area contributed by atoms with Gasteiger partial charge in [-0.3, -0.25) is 0 Å². The maximum atomic E-state index is 3.97. The molecule has 1 aromatic heterocycles. The lowest BCUT2D eigenvalue weighted by molar-refractivity contribution is 0.928. The van der Waals surface area contributed by atoms with E-state index in [4.69, 9.17) is 0 Å². The molecule has 0 atom stereocenters. The van der Waals surface area contributed by atoms with E-state index >= 15 is 0 Å². The van der Waals surface area contributed by atoms with Gasteiger partial charge in [0.15, 0.2) is 6.33 Å². The van der Waals surface area contributed by atoms with E-state index in [1.165, 1.54) is 0 Å². The molecule has 0 unspecified atom stereocenters. The predicted molar refractivity (Wildman–Crippen MR) is 39.6 cm³/mol. The molecule has 2 nitrogen and oxygen atoms in total. The minimum absolute atomic E-state index is 0.964. The molecule has 1 aromatic rings. The molecule has 0 amide bonds. The Kier molecular flexibility index (Phi) is 2.37. The van der Waals surface area contributed by atoms with Gasteiger partial charge in [0.05, 0.1) is 0 Å². The maximum absolute atomic E-state index is 3.97. The lowest BCUT2D eigenvalue weighted by Crippen LogP contribution is -1.93. The van der Waals surface area contributed by atoms with Crippen LogP contribution in [0.4, 0.5) is 0 Å². The Hall–Kier alpha value is -0.920. The van der Waals surface area contributed by atoms with Gasteiger partial charge in [0, 0.05) is 11.4 Å². The first-order valence-electron chi connectivity index (χ1n) is 3.59. The SMILES string of the molecule is CCc1cc(CC)n[c]n1. The molecule has 0 fully saturated rings. The molecule has 0 spiro atoms. The van der Waals surface area contributed by atoms with Crippen LogP contribution in [0.2, 0.25) is 0 Å². The summed E-state index contributed by atoms with van der Waals surface area (Å²) in [6, 6.07) is 2.02. The molecule has 2 heteroatoms. The minimum Gasteiger partial charge on any atom is -0.230 e. The summed E-state index contributed by atoms with van der Waals surface area (Å²) < 4.78 is 0. The highest BCUT2D eigenvalue weighted by Crippen LogP contribution is 1.98. The monoisotopic (exact) mass is 135 g/mol. The van der Waals surface area contributed by atoms with Crippen molar-refractivity contribution in [1.82, 2.24) is 9.97 Å². The Balaban J connectivity index is 2.87. The van der Waals surface area contributed by atoms with Crippen LogP contribution in [0.5, 0.6) is 0 Å². The van der Waals surface area contributed by atoms with Crippen molar-refractivity contribution in [3.8, 4) is 0 Å². The van der Waals surface area contributed by atoms with E-state index in [-0.39, 0.29) is 0 Å². The second-order valence-electron chi connectivity index (χ2n) is 2.16. The second kappa shape index (κ2) is 3.30. The van der Waals surface area contributed by atoms with Crippen molar-refractivity contribution >= 4 is 0 Å². The Morgan fingerprint density at radius 2 is 1.70 bits per heavy atom. The molecule has 0 bridgehead atoms. The fourth-order valence-corrected chi connectivity index (χ4v) is 0.773. The summed E-state index contributed by atoms with van der Waals surface area (Å²) in [5, 5.41) is 0. The molecule has 53 valence electrons. The zero-order chi connectivity index (χ0) is 7.40. The molecule has 0 aromatic carbocycles. The average Bonchev–Trinajstić information content (AvgIpc) is 2.05. The smallest absolute Gasteiger partial charge is 0.198 e. The quantitative estimate of drug-likeness (QED) is 0.612. The van der Waals surface area contributed by atoms with Gasteiger partial charge in [-0.15, -0.1) is 0 Å². The summed E-state index contributed by atoms with van der Waals surface area (Å²) >= 11 is 0. The van der Waals surface area contributed by atoms with Crippen LogP contribution in [0, 0.1) is 6.33 Å². The van der Waals surface area contributed by atoms with Gasteiger partial charge < -0.3 is 0 Å². The van der Waals surface area contributed by atoms with Gasteiger partial charge in [-0.25, -0.2) is 9.97 Å². The number of aryl methyl sites for hydroxylation is 2. The highest BCUT2D eigenvalue weighted by molar-refractivity contribution is 5.06. The fourth-order valence-electron chi connectivity index (χ4n) is 0.773. The molecule has 1 heterocycles. The molecular formula is C8H11N2. The molecule has 0 N–H and O–H groups in total. The average molecular weight is 135 g/mol. The van der Waals surface area contributed by atoms with Crippen LogP contribution >= 0.6 is 0 Å². The first-order chi connectivity index (χ1) is 4.86. The van der Waals surface area contributed by atoms with E-state index in [0.717, 1.165) is 24.2 Å². The summed E-state index contributed by atoms with van der Waals surface area (Å²) in [6.07, 6.45) is 4.56. The van der Waals surface area contributed by atoms with Crippen LogP contribution in [-0.2, 0) is 12.8 Å². The lowest BCUT2D eigenvalue weighted by atomic mass is 10.2. The Morgan fingerprint density at radius 1 is 1.20 bits per heavy atom. The second-order valence-corrected chi connectivity index (χ2v) is 2.16. The van der Waals surface area contributed by atoms with Gasteiger partial charge in [-0.1, -0.05) is 13.8 Å². The minimum atomic E-state index is 0.964. The molecule has 10 heavy (non-hydrogen) atoms. The Morgan fingerprint density at radius 3 is 2.10 bits per heavy atom.